The Morgan fingerprint density at radius 2 is 1.70 bits per heavy atom. The second-order valence-electron chi connectivity index (χ2n) is 4.87. The van der Waals surface area contributed by atoms with Gasteiger partial charge in [-0.15, -0.1) is 0 Å². The molecule has 2 rings (SSSR count). The lowest BCUT2D eigenvalue weighted by Gasteiger charge is -2.08. The van der Waals surface area contributed by atoms with Crippen molar-refractivity contribution in [1.29, 1.82) is 0 Å². The van der Waals surface area contributed by atoms with Gasteiger partial charge < -0.3 is 9.47 Å². The fourth-order valence-corrected chi connectivity index (χ4v) is 1.93. The smallest absolute Gasteiger partial charge is 0.308 e. The number of carbonyl (C=O) groups is 2. The minimum atomic E-state index is -0.407. The maximum absolute atomic E-state index is 11.2. The van der Waals surface area contributed by atoms with E-state index in [1.807, 2.05) is 0 Å². The van der Waals surface area contributed by atoms with E-state index < -0.39 is 5.97 Å². The van der Waals surface area contributed by atoms with Gasteiger partial charge in [0.2, 0.25) is 0 Å². The fraction of sp³-hybridized carbons (Fsp3) is 0.167. The molecule has 0 heterocycles. The first-order valence-electron chi connectivity index (χ1n) is 7.01. The lowest BCUT2D eigenvalue weighted by molar-refractivity contribution is -0.132. The van der Waals surface area contributed by atoms with Crippen molar-refractivity contribution in [1.82, 2.24) is 0 Å². The second kappa shape index (κ2) is 7.35. The number of benzene rings is 2. The minimum absolute atomic E-state index is 0.0197. The number of ketones is 1. The highest BCUT2D eigenvalue weighted by Gasteiger charge is 2.07. The number of nitrogens with zero attached hydrogens (tertiary/aromatic N) is 1. The predicted octanol–water partition coefficient (Wildman–Crippen LogP) is 3.57. The van der Waals surface area contributed by atoms with Gasteiger partial charge in [0.05, 0.1) is 12.8 Å². The van der Waals surface area contributed by atoms with Crippen LogP contribution in [0.4, 0.5) is 5.69 Å². The molecule has 5 nitrogen and oxygen atoms in total. The van der Waals surface area contributed by atoms with Crippen LogP contribution in [-0.2, 0) is 4.79 Å². The van der Waals surface area contributed by atoms with Gasteiger partial charge in [-0.2, -0.15) is 0 Å². The van der Waals surface area contributed by atoms with E-state index in [2.05, 4.69) is 4.99 Å². The molecule has 5 heteroatoms. The predicted molar refractivity (Wildman–Crippen MR) is 88.0 cm³/mol. The second-order valence-corrected chi connectivity index (χ2v) is 4.87. The van der Waals surface area contributed by atoms with Crippen molar-refractivity contribution in [2.75, 3.05) is 7.11 Å². The Morgan fingerprint density at radius 3 is 2.26 bits per heavy atom. The molecule has 0 radical (unpaired) electrons. The van der Waals surface area contributed by atoms with Crippen LogP contribution in [0.3, 0.4) is 0 Å². The summed E-state index contributed by atoms with van der Waals surface area (Å²) >= 11 is 0. The van der Waals surface area contributed by atoms with Gasteiger partial charge in [0, 0.05) is 18.7 Å². The van der Waals surface area contributed by atoms with Crippen LogP contribution in [0.1, 0.15) is 29.8 Å². The van der Waals surface area contributed by atoms with Gasteiger partial charge in [0.25, 0.3) is 0 Å². The van der Waals surface area contributed by atoms with E-state index in [0.29, 0.717) is 17.1 Å². The summed E-state index contributed by atoms with van der Waals surface area (Å²) in [5.41, 5.74) is 2.18. The van der Waals surface area contributed by atoms with Gasteiger partial charge >= 0.3 is 5.97 Å². The van der Waals surface area contributed by atoms with Crippen LogP contribution in [0, 0.1) is 0 Å². The standard InChI is InChI=1S/C18H17NO4/c1-12(20)15-5-7-16(8-6-15)19-11-14-4-9-17(23-13(2)21)18(10-14)22-3/h4-11H,1-3H3. The number of hydrogen-bond acceptors (Lipinski definition) is 5. The van der Waals surface area contributed by atoms with Crippen LogP contribution >= 0.6 is 0 Å². The number of methoxy groups -OCH3 is 1. The molecule has 23 heavy (non-hydrogen) atoms. The number of hydrogen-bond donors (Lipinski definition) is 0. The molecule has 0 N–H and O–H groups in total. The Labute approximate surface area is 134 Å². The van der Waals surface area contributed by atoms with Crippen LogP contribution in [-0.4, -0.2) is 25.1 Å². The van der Waals surface area contributed by atoms with Crippen molar-refractivity contribution in [3.05, 3.63) is 53.6 Å². The molecule has 0 aliphatic carbocycles. The Hall–Kier alpha value is -2.95. The zero-order valence-electron chi connectivity index (χ0n) is 13.2. The van der Waals surface area contributed by atoms with Crippen LogP contribution in [0.2, 0.25) is 0 Å². The van der Waals surface area contributed by atoms with Crippen LogP contribution < -0.4 is 9.47 Å². The summed E-state index contributed by atoms with van der Waals surface area (Å²) in [5, 5.41) is 0. The van der Waals surface area contributed by atoms with Crippen molar-refractivity contribution in [3.63, 3.8) is 0 Å². The zero-order valence-corrected chi connectivity index (χ0v) is 13.2. The Bertz CT molecular complexity index is 748. The molecule has 0 saturated carbocycles. The van der Waals surface area contributed by atoms with Gasteiger partial charge in [-0.25, -0.2) is 0 Å². The van der Waals surface area contributed by atoms with E-state index in [1.54, 1.807) is 48.7 Å². The number of Topliss-reactive ketones (excluding diaryl/α,β-unsaturated/α-hetero) is 1. The molecule has 2 aromatic rings. The number of carbonyl (C=O) groups excluding carboxylic acids is 2. The van der Waals surface area contributed by atoms with E-state index in [1.165, 1.54) is 21.0 Å². The molecule has 118 valence electrons. The van der Waals surface area contributed by atoms with E-state index in [4.69, 9.17) is 9.47 Å². The monoisotopic (exact) mass is 311 g/mol. The third kappa shape index (κ3) is 4.51. The number of rotatable bonds is 5. The Balaban J connectivity index is 2.18. The molecule has 0 aliphatic heterocycles. The average Bonchev–Trinajstić information content (AvgIpc) is 2.53. The van der Waals surface area contributed by atoms with E-state index in [9.17, 15) is 9.59 Å². The summed E-state index contributed by atoms with van der Waals surface area (Å²) in [6.45, 7) is 2.86. The molecule has 0 bridgehead atoms. The molecule has 0 amide bonds. The lowest BCUT2D eigenvalue weighted by atomic mass is 10.1. The van der Waals surface area contributed by atoms with Crippen LogP contribution in [0.25, 0.3) is 0 Å². The number of ether oxygens (including phenoxy) is 2. The molecule has 0 aromatic heterocycles. The van der Waals surface area contributed by atoms with Crippen molar-refractivity contribution in [3.8, 4) is 11.5 Å². The highest BCUT2D eigenvalue weighted by molar-refractivity contribution is 5.94. The Morgan fingerprint density at radius 1 is 1.00 bits per heavy atom. The molecule has 0 atom stereocenters. The molecule has 0 spiro atoms. The summed E-state index contributed by atoms with van der Waals surface area (Å²) in [4.78, 5) is 26.6. The average molecular weight is 311 g/mol. The first-order chi connectivity index (χ1) is 11.0. The largest absolute Gasteiger partial charge is 0.493 e. The van der Waals surface area contributed by atoms with E-state index in [-0.39, 0.29) is 5.78 Å². The van der Waals surface area contributed by atoms with Gasteiger partial charge in [0.1, 0.15) is 0 Å². The molecule has 2 aromatic carbocycles. The number of aliphatic imine (C=N–C) groups is 1. The maximum atomic E-state index is 11.2. The van der Waals surface area contributed by atoms with Crippen molar-refractivity contribution < 1.29 is 19.1 Å². The van der Waals surface area contributed by atoms with Crippen LogP contribution in [0.15, 0.2) is 47.5 Å². The number of esters is 1. The maximum Gasteiger partial charge on any atom is 0.308 e. The minimum Gasteiger partial charge on any atom is -0.493 e. The summed E-state index contributed by atoms with van der Waals surface area (Å²) in [6, 6.07) is 12.2. The summed E-state index contributed by atoms with van der Waals surface area (Å²) in [6.07, 6.45) is 1.67. The molecular formula is C18H17NO4. The first-order valence-corrected chi connectivity index (χ1v) is 7.01. The normalized spacial score (nSPS) is 10.6. The highest BCUT2D eigenvalue weighted by Crippen LogP contribution is 2.28. The van der Waals surface area contributed by atoms with Crippen molar-refractivity contribution in [2.45, 2.75) is 13.8 Å². The van der Waals surface area contributed by atoms with Crippen LogP contribution in [0.5, 0.6) is 11.5 Å². The van der Waals surface area contributed by atoms with Gasteiger partial charge in [0.15, 0.2) is 17.3 Å². The van der Waals surface area contributed by atoms with Gasteiger partial charge in [-0.3, -0.25) is 14.6 Å². The molecule has 0 saturated heterocycles. The third-order valence-corrected chi connectivity index (χ3v) is 3.08. The molecule has 0 aliphatic rings. The van der Waals surface area contributed by atoms with Crippen molar-refractivity contribution >= 4 is 23.7 Å². The fourth-order valence-electron chi connectivity index (χ4n) is 1.93. The molecular weight excluding hydrogens is 294 g/mol. The first kappa shape index (κ1) is 16.4. The quantitative estimate of drug-likeness (QED) is 0.366. The molecule has 0 fully saturated rings. The zero-order chi connectivity index (χ0) is 16.8. The summed E-state index contributed by atoms with van der Waals surface area (Å²) in [7, 11) is 1.50. The Kier molecular flexibility index (Phi) is 5.25. The highest BCUT2D eigenvalue weighted by atomic mass is 16.6. The van der Waals surface area contributed by atoms with E-state index >= 15 is 0 Å². The summed E-state index contributed by atoms with van der Waals surface area (Å²) < 4.78 is 10.3. The van der Waals surface area contributed by atoms with E-state index in [0.717, 1.165) is 11.3 Å². The van der Waals surface area contributed by atoms with Gasteiger partial charge in [-0.05, 0) is 55.0 Å². The topological polar surface area (TPSA) is 65.0 Å². The summed E-state index contributed by atoms with van der Waals surface area (Å²) in [5.74, 6) is 0.431. The third-order valence-electron chi connectivity index (χ3n) is 3.08. The molecule has 0 unspecified atom stereocenters. The van der Waals surface area contributed by atoms with Gasteiger partial charge in [-0.1, -0.05) is 0 Å². The lowest BCUT2D eigenvalue weighted by Crippen LogP contribution is -2.03. The SMILES string of the molecule is COc1cc(C=Nc2ccc(C(C)=O)cc2)ccc1OC(C)=O. The van der Waals surface area contributed by atoms with Crippen molar-refractivity contribution in [2.24, 2.45) is 4.99 Å².